The number of benzene rings is 2. The smallest absolute Gasteiger partial charge is 0.338 e. The van der Waals surface area contributed by atoms with Gasteiger partial charge in [0.1, 0.15) is 0 Å². The number of aliphatic imine (C=N–C) groups is 1. The molecule has 0 atom stereocenters. The lowest BCUT2D eigenvalue weighted by Gasteiger charge is -2.23. The highest BCUT2D eigenvalue weighted by Gasteiger charge is 2.31. The molecule has 1 amide bonds. The number of esters is 1. The summed E-state index contributed by atoms with van der Waals surface area (Å²) < 4.78 is 5.52. The van der Waals surface area contributed by atoms with Gasteiger partial charge in [0.05, 0.1) is 35.2 Å². The number of aryl methyl sites for hydroxylation is 1. The zero-order chi connectivity index (χ0) is 36.9. The van der Waals surface area contributed by atoms with Gasteiger partial charge in [-0.25, -0.2) is 9.79 Å². The first kappa shape index (κ1) is 42.9. The van der Waals surface area contributed by atoms with Crippen molar-refractivity contribution in [3.63, 3.8) is 0 Å². The molecular formula is C41H62ClN3O5. The monoisotopic (exact) mass is 711 g/mol. The molecule has 8 nitrogen and oxygen atoms in total. The number of nitrogens with one attached hydrogen (secondary N) is 1. The van der Waals surface area contributed by atoms with E-state index in [1.54, 1.807) is 32.9 Å². The van der Waals surface area contributed by atoms with E-state index in [4.69, 9.17) is 16.3 Å². The maximum Gasteiger partial charge on any atom is 0.338 e. The molecule has 50 heavy (non-hydrogen) atoms. The third-order valence-corrected chi connectivity index (χ3v) is 9.15. The van der Waals surface area contributed by atoms with Gasteiger partial charge in [0.25, 0.3) is 5.91 Å². The normalized spacial score (nSPS) is 11.8. The van der Waals surface area contributed by atoms with E-state index in [2.05, 4.69) is 17.2 Å². The van der Waals surface area contributed by atoms with Crippen LogP contribution in [0.3, 0.4) is 0 Å². The Balaban J connectivity index is 1.95. The number of aliphatic hydroxyl groups is 1. The summed E-state index contributed by atoms with van der Waals surface area (Å²) in [5, 5.41) is 12.3. The maximum absolute atomic E-state index is 13.6. The molecule has 2 aromatic rings. The Bertz CT molecular complexity index is 1380. The van der Waals surface area contributed by atoms with Gasteiger partial charge in [-0.05, 0) is 62.2 Å². The predicted molar refractivity (Wildman–Crippen MR) is 208 cm³/mol. The molecule has 0 heterocycles. The number of rotatable bonds is 24. The van der Waals surface area contributed by atoms with Crippen LogP contribution in [0.1, 0.15) is 140 Å². The Labute approximate surface area is 306 Å². The number of likely N-dealkylation sites (N-methyl/N-ethyl adjacent to an activating group) is 1. The van der Waals surface area contributed by atoms with Crippen molar-refractivity contribution in [2.75, 3.05) is 36.5 Å². The maximum atomic E-state index is 13.6. The van der Waals surface area contributed by atoms with Crippen molar-refractivity contribution in [2.45, 2.75) is 131 Å². The number of carbonyl (C=O) groups is 3. The summed E-state index contributed by atoms with van der Waals surface area (Å²) in [6.07, 6.45) is 17.6. The summed E-state index contributed by atoms with van der Waals surface area (Å²) in [5.74, 6) is -1.66. The van der Waals surface area contributed by atoms with Crippen LogP contribution in [0.2, 0.25) is 5.02 Å². The van der Waals surface area contributed by atoms with Crippen LogP contribution < -0.4 is 10.2 Å². The fourth-order valence-electron chi connectivity index (χ4n) is 5.71. The minimum absolute atomic E-state index is 0.0260. The molecule has 0 aliphatic carbocycles. The van der Waals surface area contributed by atoms with E-state index in [-0.39, 0.29) is 28.6 Å². The van der Waals surface area contributed by atoms with E-state index in [1.165, 1.54) is 82.8 Å². The molecule has 0 radical (unpaired) electrons. The molecule has 0 unspecified atom stereocenters. The Morgan fingerprint density at radius 1 is 0.840 bits per heavy atom. The summed E-state index contributed by atoms with van der Waals surface area (Å²) in [6, 6.07) is 10.1. The van der Waals surface area contributed by atoms with Gasteiger partial charge in [-0.1, -0.05) is 123 Å². The molecule has 0 fully saturated rings. The molecule has 0 bridgehead atoms. The number of halogens is 1. The zero-order valence-corrected chi connectivity index (χ0v) is 32.3. The molecule has 2 rings (SSSR count). The zero-order valence-electron chi connectivity index (χ0n) is 31.5. The van der Waals surface area contributed by atoms with Crippen molar-refractivity contribution in [3.8, 4) is 0 Å². The summed E-state index contributed by atoms with van der Waals surface area (Å²) >= 11 is 6.42. The molecule has 0 aromatic heterocycles. The lowest BCUT2D eigenvalue weighted by molar-refractivity contribution is -0.121. The first-order valence-electron chi connectivity index (χ1n) is 18.8. The van der Waals surface area contributed by atoms with Crippen molar-refractivity contribution in [2.24, 2.45) is 10.4 Å². The molecule has 0 aliphatic heterocycles. The predicted octanol–water partition coefficient (Wildman–Crippen LogP) is 10.4. The van der Waals surface area contributed by atoms with Gasteiger partial charge in [0, 0.05) is 24.2 Å². The third kappa shape index (κ3) is 15.3. The second-order valence-electron chi connectivity index (χ2n) is 14.2. The van der Waals surface area contributed by atoms with Crippen molar-refractivity contribution < 1.29 is 24.2 Å². The first-order valence-corrected chi connectivity index (χ1v) is 19.2. The van der Waals surface area contributed by atoms with Gasteiger partial charge in [0.2, 0.25) is 0 Å². The van der Waals surface area contributed by atoms with Gasteiger partial charge in [-0.3, -0.25) is 9.59 Å². The summed E-state index contributed by atoms with van der Waals surface area (Å²) in [7, 11) is 0. The van der Waals surface area contributed by atoms with Crippen LogP contribution in [0.4, 0.5) is 17.1 Å². The van der Waals surface area contributed by atoms with E-state index in [1.807, 2.05) is 30.9 Å². The van der Waals surface area contributed by atoms with E-state index >= 15 is 0 Å². The number of anilines is 2. The number of aliphatic hydroxyl groups excluding tert-OH is 1. The van der Waals surface area contributed by atoms with Crippen LogP contribution in [0, 0.1) is 12.3 Å². The fraction of sp³-hybridized carbons (Fsp3) is 0.610. The second kappa shape index (κ2) is 23.3. The number of hydrogen-bond donors (Lipinski definition) is 2. The summed E-state index contributed by atoms with van der Waals surface area (Å²) in [4.78, 5) is 46.5. The number of amides is 1. The van der Waals surface area contributed by atoms with Gasteiger partial charge in [-0.15, -0.1) is 0 Å². The Morgan fingerprint density at radius 2 is 1.42 bits per heavy atom. The highest BCUT2D eigenvalue weighted by Crippen LogP contribution is 2.28. The molecular weight excluding hydrogens is 650 g/mol. The molecule has 2 aromatic carbocycles. The first-order chi connectivity index (χ1) is 23.9. The number of ketones is 1. The van der Waals surface area contributed by atoms with Gasteiger partial charge in [-0.2, -0.15) is 0 Å². The topological polar surface area (TPSA) is 108 Å². The SMILES string of the molecule is CCCCCCCCCCCCCCCCOC(=O)c1ccc(Cl)c(NC(=O)/C(=N/c2ccc(N(CC)CCO)cc2C)C(=O)C(C)(C)C)c1. The molecule has 0 saturated carbocycles. The lowest BCUT2D eigenvalue weighted by Crippen LogP contribution is -2.37. The Morgan fingerprint density at radius 3 is 1.94 bits per heavy atom. The molecule has 278 valence electrons. The number of carbonyl (C=O) groups excluding carboxylic acids is 3. The average Bonchev–Trinajstić information content (AvgIpc) is 3.08. The minimum Gasteiger partial charge on any atom is -0.462 e. The second-order valence-corrected chi connectivity index (χ2v) is 14.6. The third-order valence-electron chi connectivity index (χ3n) is 8.82. The Hall–Kier alpha value is -3.23. The summed E-state index contributed by atoms with van der Waals surface area (Å²) in [5.41, 5.74) is 1.45. The van der Waals surface area contributed by atoms with Crippen molar-refractivity contribution in [1.29, 1.82) is 0 Å². The van der Waals surface area contributed by atoms with Crippen LogP contribution in [-0.2, 0) is 14.3 Å². The quantitative estimate of drug-likeness (QED) is 0.0486. The molecule has 0 saturated heterocycles. The lowest BCUT2D eigenvalue weighted by atomic mass is 9.87. The number of unbranched alkanes of at least 4 members (excludes halogenated alkanes) is 13. The highest BCUT2D eigenvalue weighted by atomic mass is 35.5. The Kier molecular flexibility index (Phi) is 20.0. The number of Topliss-reactive ketones (excluding diaryl/α,β-unsaturated/α-hetero) is 1. The molecule has 0 aliphatic rings. The summed E-state index contributed by atoms with van der Waals surface area (Å²) in [6.45, 7) is 12.8. The van der Waals surface area contributed by atoms with E-state index in [0.717, 1.165) is 30.5 Å². The van der Waals surface area contributed by atoms with Crippen LogP contribution in [-0.4, -0.2) is 54.8 Å². The van der Waals surface area contributed by atoms with Crippen LogP contribution in [0.15, 0.2) is 41.4 Å². The fourth-order valence-corrected chi connectivity index (χ4v) is 5.87. The molecule has 0 spiro atoms. The van der Waals surface area contributed by atoms with Crippen molar-refractivity contribution in [1.82, 2.24) is 0 Å². The van der Waals surface area contributed by atoms with E-state index in [0.29, 0.717) is 25.4 Å². The number of ether oxygens (including phenoxy) is 1. The molecule has 2 N–H and O–H groups in total. The van der Waals surface area contributed by atoms with Crippen LogP contribution in [0.25, 0.3) is 0 Å². The van der Waals surface area contributed by atoms with E-state index < -0.39 is 23.1 Å². The standard InChI is InChI=1S/C41H62ClN3O5/c1-7-9-10-11-12-13-14-15-16-17-18-19-20-21-28-50-40(49)32-22-24-34(42)36(30-32)44-39(48)37(38(47)41(4,5)6)43-35-25-23-33(29-31(35)3)45(8-2)26-27-46/h22-25,29-30,46H,7-21,26-28H2,1-6H3,(H,44,48)/b43-37+. The highest BCUT2D eigenvalue weighted by molar-refractivity contribution is 6.68. The average molecular weight is 712 g/mol. The minimum atomic E-state index is -0.882. The van der Waals surface area contributed by atoms with Crippen LogP contribution in [0.5, 0.6) is 0 Å². The number of nitrogens with zero attached hydrogens (tertiary/aromatic N) is 2. The largest absolute Gasteiger partial charge is 0.462 e. The van der Waals surface area contributed by atoms with Crippen molar-refractivity contribution in [3.05, 3.63) is 52.5 Å². The van der Waals surface area contributed by atoms with Gasteiger partial charge in [0.15, 0.2) is 11.5 Å². The molecule has 9 heteroatoms. The van der Waals surface area contributed by atoms with E-state index in [9.17, 15) is 19.5 Å². The van der Waals surface area contributed by atoms with Crippen LogP contribution >= 0.6 is 11.6 Å². The van der Waals surface area contributed by atoms with Gasteiger partial charge >= 0.3 is 5.97 Å². The van der Waals surface area contributed by atoms with Crippen molar-refractivity contribution >= 4 is 52.0 Å². The van der Waals surface area contributed by atoms with Gasteiger partial charge < -0.3 is 20.1 Å². The number of hydrogen-bond acceptors (Lipinski definition) is 7.